The van der Waals surface area contributed by atoms with E-state index in [0.29, 0.717) is 17.7 Å². The molecule has 4 nitrogen and oxygen atoms in total. The Morgan fingerprint density at radius 3 is 2.60 bits per heavy atom. The molecule has 110 valence electrons. The molecule has 0 spiro atoms. The van der Waals surface area contributed by atoms with E-state index in [2.05, 4.69) is 0 Å². The number of esters is 1. The van der Waals surface area contributed by atoms with Crippen molar-refractivity contribution in [2.75, 3.05) is 6.61 Å². The number of rotatable bonds is 7. The molecule has 0 amide bonds. The van der Waals surface area contributed by atoms with Crippen LogP contribution >= 0.6 is 19.4 Å². The number of hydrogen-bond donors (Lipinski definition) is 0. The minimum absolute atomic E-state index is 0.293. The summed E-state index contributed by atoms with van der Waals surface area (Å²) in [6.07, 6.45) is 0.545. The Kier molecular flexibility index (Phi) is 6.97. The second kappa shape index (κ2) is 8.23. The zero-order chi connectivity index (χ0) is 15.1. The molecule has 2 unspecified atom stereocenters. The van der Waals surface area contributed by atoms with Crippen LogP contribution in [0.4, 0.5) is 0 Å². The van der Waals surface area contributed by atoms with Crippen molar-refractivity contribution in [3.8, 4) is 5.75 Å². The number of ether oxygens (including phenoxy) is 2. The minimum Gasteiger partial charge on any atom is -0.489 e. The van der Waals surface area contributed by atoms with Crippen molar-refractivity contribution in [2.24, 2.45) is 0 Å². The van der Waals surface area contributed by atoms with Crippen molar-refractivity contribution in [2.45, 2.75) is 38.4 Å². The van der Waals surface area contributed by atoms with E-state index >= 15 is 0 Å². The first-order valence-electron chi connectivity index (χ1n) is 6.50. The van der Waals surface area contributed by atoms with Crippen LogP contribution in [0.25, 0.3) is 0 Å². The number of carbonyl (C=O) groups is 1. The van der Waals surface area contributed by atoms with Crippen molar-refractivity contribution < 1.29 is 18.8 Å². The lowest BCUT2D eigenvalue weighted by molar-refractivity contribution is -0.145. The normalized spacial score (nSPS) is 12.9. The summed E-state index contributed by atoms with van der Waals surface area (Å²) in [5.41, 5.74) is 0. The fourth-order valence-electron chi connectivity index (χ4n) is 1.48. The van der Waals surface area contributed by atoms with E-state index in [1.165, 1.54) is 0 Å². The van der Waals surface area contributed by atoms with E-state index in [0.717, 1.165) is 6.42 Å². The molecule has 1 aromatic carbocycles. The predicted molar refractivity (Wildman–Crippen MR) is 80.3 cm³/mol. The van der Waals surface area contributed by atoms with E-state index in [-0.39, 0.29) is 6.10 Å². The summed E-state index contributed by atoms with van der Waals surface area (Å²) in [5.74, 6) is -0.175. The van der Waals surface area contributed by atoms with Gasteiger partial charge in [0.05, 0.1) is 12.7 Å². The molecule has 0 fully saturated rings. The van der Waals surface area contributed by atoms with Crippen LogP contribution in [0.1, 0.15) is 27.2 Å². The largest absolute Gasteiger partial charge is 0.489 e. The zero-order valence-electron chi connectivity index (χ0n) is 11.8. The minimum atomic E-state index is -2.13. The van der Waals surface area contributed by atoms with Crippen molar-refractivity contribution in [3.63, 3.8) is 0 Å². The number of para-hydroxylation sites is 1. The maximum Gasteiger partial charge on any atom is 0.412 e. The van der Waals surface area contributed by atoms with Gasteiger partial charge in [-0.15, -0.1) is 0 Å². The van der Waals surface area contributed by atoms with Crippen molar-refractivity contribution in [1.82, 2.24) is 0 Å². The molecule has 0 aromatic heterocycles. The first-order chi connectivity index (χ1) is 9.47. The van der Waals surface area contributed by atoms with Crippen LogP contribution in [0.2, 0.25) is 0 Å². The highest BCUT2D eigenvalue weighted by Crippen LogP contribution is 2.35. The number of benzene rings is 1. The fourth-order valence-corrected chi connectivity index (χ4v) is 2.93. The Labute approximate surface area is 125 Å². The highest BCUT2D eigenvalue weighted by molar-refractivity contribution is 7.57. The molecule has 1 aromatic rings. The average Bonchev–Trinajstić information content (AvgIpc) is 2.43. The lowest BCUT2D eigenvalue weighted by atomic mass is 10.3. The molecule has 1 rings (SSSR count). The zero-order valence-corrected chi connectivity index (χ0v) is 13.5. The van der Waals surface area contributed by atoms with Gasteiger partial charge in [0, 0.05) is 0 Å². The van der Waals surface area contributed by atoms with E-state index in [9.17, 15) is 9.36 Å². The summed E-state index contributed by atoms with van der Waals surface area (Å²) in [4.78, 5) is 11.7. The molecule has 0 aliphatic carbocycles. The van der Waals surface area contributed by atoms with Crippen molar-refractivity contribution in [1.29, 1.82) is 0 Å². The smallest absolute Gasteiger partial charge is 0.412 e. The lowest BCUT2D eigenvalue weighted by Crippen LogP contribution is -2.21. The van der Waals surface area contributed by atoms with Crippen LogP contribution in [0.15, 0.2) is 24.3 Å². The topological polar surface area (TPSA) is 52.6 Å². The molecule has 20 heavy (non-hydrogen) atoms. The number of hydrogen-bond acceptors (Lipinski definition) is 4. The fraction of sp³-hybridized carbons (Fsp3) is 0.500. The molecule has 0 saturated carbocycles. The number of alkyl halides is 1. The van der Waals surface area contributed by atoms with Gasteiger partial charge in [0.25, 0.3) is 0 Å². The van der Waals surface area contributed by atoms with Crippen molar-refractivity contribution in [3.05, 3.63) is 24.3 Å². The van der Waals surface area contributed by atoms with Crippen LogP contribution in [-0.4, -0.2) is 23.8 Å². The molecule has 6 heteroatoms. The molecule has 0 N–H and O–H groups in total. The Hall–Kier alpha value is -1.12. The molecular weight excluding hydrogens is 299 g/mol. The third kappa shape index (κ3) is 4.77. The summed E-state index contributed by atoms with van der Waals surface area (Å²) < 4.78 is 22.9. The molecule has 0 bridgehead atoms. The molecule has 0 saturated heterocycles. The van der Waals surface area contributed by atoms with E-state index in [4.69, 9.17) is 21.1 Å². The Balaban J connectivity index is 2.88. The molecule has 2 atom stereocenters. The highest BCUT2D eigenvalue weighted by Gasteiger charge is 2.41. The Morgan fingerprint density at radius 2 is 2.00 bits per heavy atom. The molecule has 0 radical (unpaired) electrons. The van der Waals surface area contributed by atoms with E-state index in [1.807, 2.05) is 6.92 Å². The van der Waals surface area contributed by atoms with E-state index < -0.39 is 18.9 Å². The summed E-state index contributed by atoms with van der Waals surface area (Å²) in [7, 11) is -2.13. The third-order valence-electron chi connectivity index (χ3n) is 2.32. The summed E-state index contributed by atoms with van der Waals surface area (Å²) in [6, 6.07) is 6.89. The second-order valence-corrected chi connectivity index (χ2v) is 6.85. The lowest BCUT2D eigenvalue weighted by Gasteiger charge is -2.08. The number of carbonyl (C=O) groups excluding carboxylic acids is 1. The number of halogens is 1. The Morgan fingerprint density at radius 1 is 1.35 bits per heavy atom. The second-order valence-electron chi connectivity index (χ2n) is 4.46. The van der Waals surface area contributed by atoms with Crippen LogP contribution in [0.5, 0.6) is 5.75 Å². The predicted octanol–water partition coefficient (Wildman–Crippen LogP) is 3.44. The summed E-state index contributed by atoms with van der Waals surface area (Å²) in [5, 5.41) is -0.768. The first kappa shape index (κ1) is 16.9. The Bertz CT molecular complexity index is 476. The maximum atomic E-state index is 12.4. The van der Waals surface area contributed by atoms with Gasteiger partial charge in [-0.25, -0.2) is 4.79 Å². The quantitative estimate of drug-likeness (QED) is 0.439. The van der Waals surface area contributed by atoms with Crippen LogP contribution in [0, 0.1) is 0 Å². The molecule has 0 heterocycles. The van der Waals surface area contributed by atoms with Crippen LogP contribution in [0.3, 0.4) is 0 Å². The summed E-state index contributed by atoms with van der Waals surface area (Å²) >= 11 is 5.95. The maximum absolute atomic E-state index is 12.4. The molecular formula is C14H19ClO4P+. The molecule has 0 aliphatic heterocycles. The SMILES string of the molecule is CCCOc1ccccc1[P+](=O)C(Cl)C(=O)OC(C)C. The van der Waals surface area contributed by atoms with Gasteiger partial charge < -0.3 is 9.47 Å². The monoisotopic (exact) mass is 317 g/mol. The molecule has 0 aliphatic rings. The van der Waals surface area contributed by atoms with Gasteiger partial charge in [-0.2, -0.15) is 0 Å². The summed E-state index contributed by atoms with van der Waals surface area (Å²) in [6.45, 7) is 5.93. The van der Waals surface area contributed by atoms with Gasteiger partial charge >= 0.3 is 18.9 Å². The van der Waals surface area contributed by atoms with Gasteiger partial charge in [-0.1, -0.05) is 35.2 Å². The average molecular weight is 318 g/mol. The standard InChI is InChI=1S/C14H19ClO4P/c1-4-9-18-11-7-5-6-8-12(11)20(17)13(15)14(16)19-10(2)3/h5-8,10,13H,4,9H2,1-3H3/q+1. The van der Waals surface area contributed by atoms with Gasteiger partial charge in [-0.05, 0) is 32.4 Å². The first-order valence-corrected chi connectivity index (χ1v) is 8.26. The van der Waals surface area contributed by atoms with Crippen molar-refractivity contribution >= 4 is 30.7 Å². The van der Waals surface area contributed by atoms with Gasteiger partial charge in [0.15, 0.2) is 5.75 Å². The third-order valence-corrected chi connectivity index (χ3v) is 4.49. The van der Waals surface area contributed by atoms with Crippen LogP contribution < -0.4 is 10.0 Å². The van der Waals surface area contributed by atoms with Gasteiger partial charge in [-0.3, -0.25) is 0 Å². The highest BCUT2D eigenvalue weighted by atomic mass is 35.5. The van der Waals surface area contributed by atoms with Gasteiger partial charge in [0.1, 0.15) is 0 Å². The van der Waals surface area contributed by atoms with Crippen LogP contribution in [-0.2, 0) is 14.1 Å². The van der Waals surface area contributed by atoms with Gasteiger partial charge in [0.2, 0.25) is 5.30 Å². The van der Waals surface area contributed by atoms with E-state index in [1.54, 1.807) is 38.1 Å².